The summed E-state index contributed by atoms with van der Waals surface area (Å²) in [5.41, 5.74) is 0.904. The van der Waals surface area contributed by atoms with Gasteiger partial charge in [-0.15, -0.1) is 0 Å². The zero-order valence-electron chi connectivity index (χ0n) is 13.4. The maximum Gasteiger partial charge on any atom is 0.250 e. The molecule has 23 heavy (non-hydrogen) atoms. The lowest BCUT2D eigenvalue weighted by molar-refractivity contribution is -0.130. The summed E-state index contributed by atoms with van der Waals surface area (Å²) in [7, 11) is 0. The minimum atomic E-state index is -1.07. The van der Waals surface area contributed by atoms with Crippen LogP contribution in [0.5, 0.6) is 0 Å². The molecule has 0 radical (unpaired) electrons. The molecule has 1 aromatic carbocycles. The van der Waals surface area contributed by atoms with Crippen LogP contribution >= 0.6 is 11.6 Å². The van der Waals surface area contributed by atoms with Crippen molar-refractivity contribution in [3.05, 3.63) is 34.9 Å². The SMILES string of the molecule is CC(NCC1CCOCC1)C(O)C(=O)NCc1cccc(Cl)c1. The summed E-state index contributed by atoms with van der Waals surface area (Å²) in [6.07, 6.45) is 0.974. The van der Waals surface area contributed by atoms with Crippen molar-refractivity contribution >= 4 is 17.5 Å². The van der Waals surface area contributed by atoms with E-state index in [9.17, 15) is 9.90 Å². The second-order valence-electron chi connectivity index (χ2n) is 6.05. The van der Waals surface area contributed by atoms with Crippen LogP contribution < -0.4 is 10.6 Å². The van der Waals surface area contributed by atoms with Crippen LogP contribution in [0, 0.1) is 5.92 Å². The van der Waals surface area contributed by atoms with Crippen molar-refractivity contribution < 1.29 is 14.6 Å². The zero-order valence-corrected chi connectivity index (χ0v) is 14.2. The quantitative estimate of drug-likeness (QED) is 0.707. The monoisotopic (exact) mass is 340 g/mol. The number of aliphatic hydroxyl groups excluding tert-OH is 1. The Kier molecular flexibility index (Phi) is 7.30. The highest BCUT2D eigenvalue weighted by Crippen LogP contribution is 2.14. The average Bonchev–Trinajstić information content (AvgIpc) is 2.58. The molecule has 1 aliphatic heterocycles. The van der Waals surface area contributed by atoms with E-state index in [1.807, 2.05) is 19.1 Å². The fraction of sp³-hybridized carbons (Fsp3) is 0.588. The van der Waals surface area contributed by atoms with Gasteiger partial charge in [0.25, 0.3) is 5.91 Å². The third kappa shape index (κ3) is 6.11. The Bertz CT molecular complexity index is 506. The molecule has 3 N–H and O–H groups in total. The van der Waals surface area contributed by atoms with Gasteiger partial charge in [-0.2, -0.15) is 0 Å². The number of carbonyl (C=O) groups excluding carboxylic acids is 1. The van der Waals surface area contributed by atoms with Crippen LogP contribution in [0.25, 0.3) is 0 Å². The van der Waals surface area contributed by atoms with E-state index in [4.69, 9.17) is 16.3 Å². The normalized spacial score (nSPS) is 18.4. The third-order valence-electron chi connectivity index (χ3n) is 4.17. The van der Waals surface area contributed by atoms with Crippen LogP contribution in [0.3, 0.4) is 0 Å². The maximum absolute atomic E-state index is 12.0. The lowest BCUT2D eigenvalue weighted by atomic mass is 9.99. The fourth-order valence-electron chi connectivity index (χ4n) is 2.58. The highest BCUT2D eigenvalue weighted by molar-refractivity contribution is 6.30. The highest BCUT2D eigenvalue weighted by Gasteiger charge is 2.23. The smallest absolute Gasteiger partial charge is 0.250 e. The molecule has 1 heterocycles. The molecule has 1 fully saturated rings. The first-order chi connectivity index (χ1) is 11.1. The summed E-state index contributed by atoms with van der Waals surface area (Å²) in [5, 5.41) is 16.7. The predicted octanol–water partition coefficient (Wildman–Crippen LogP) is 1.72. The molecular weight excluding hydrogens is 316 g/mol. The number of carbonyl (C=O) groups is 1. The highest BCUT2D eigenvalue weighted by atomic mass is 35.5. The standard InChI is InChI=1S/C17H25ClN2O3/c1-12(19-10-13-5-7-23-8-6-13)16(21)17(22)20-11-14-3-2-4-15(18)9-14/h2-4,9,12-13,16,19,21H,5-8,10-11H2,1H3,(H,20,22). The largest absolute Gasteiger partial charge is 0.382 e. The maximum atomic E-state index is 12.0. The van der Waals surface area contributed by atoms with Crippen molar-refractivity contribution in [2.24, 2.45) is 5.92 Å². The van der Waals surface area contributed by atoms with Gasteiger partial charge in [0.15, 0.2) is 0 Å². The van der Waals surface area contributed by atoms with Gasteiger partial charge in [-0.05, 0) is 49.9 Å². The summed E-state index contributed by atoms with van der Waals surface area (Å²) in [6.45, 7) is 4.56. The molecule has 5 nitrogen and oxygen atoms in total. The number of ether oxygens (including phenoxy) is 1. The lowest BCUT2D eigenvalue weighted by Gasteiger charge is -2.26. The average molecular weight is 341 g/mol. The Labute approximate surface area is 142 Å². The molecule has 0 bridgehead atoms. The molecular formula is C17H25ClN2O3. The second kappa shape index (κ2) is 9.23. The molecule has 0 aromatic heterocycles. The van der Waals surface area contributed by atoms with Crippen LogP contribution in [-0.4, -0.2) is 42.9 Å². The van der Waals surface area contributed by atoms with Crippen LogP contribution in [0.15, 0.2) is 24.3 Å². The van der Waals surface area contributed by atoms with Crippen molar-refractivity contribution in [1.82, 2.24) is 10.6 Å². The number of rotatable bonds is 7. The summed E-state index contributed by atoms with van der Waals surface area (Å²) in [6, 6.07) is 6.99. The Morgan fingerprint density at radius 2 is 2.17 bits per heavy atom. The van der Waals surface area contributed by atoms with Gasteiger partial charge in [0.2, 0.25) is 0 Å². The lowest BCUT2D eigenvalue weighted by Crippen LogP contribution is -2.48. The van der Waals surface area contributed by atoms with Gasteiger partial charge in [0.1, 0.15) is 6.10 Å². The van der Waals surface area contributed by atoms with Gasteiger partial charge in [-0.3, -0.25) is 4.79 Å². The van der Waals surface area contributed by atoms with Gasteiger partial charge in [0, 0.05) is 30.8 Å². The van der Waals surface area contributed by atoms with Crippen molar-refractivity contribution in [2.75, 3.05) is 19.8 Å². The number of aliphatic hydroxyl groups is 1. The Morgan fingerprint density at radius 3 is 2.87 bits per heavy atom. The minimum Gasteiger partial charge on any atom is -0.382 e. The zero-order chi connectivity index (χ0) is 16.7. The van der Waals surface area contributed by atoms with Crippen LogP contribution in [0.2, 0.25) is 5.02 Å². The molecule has 1 aliphatic rings. The van der Waals surface area contributed by atoms with Crippen molar-refractivity contribution in [3.8, 4) is 0 Å². The van der Waals surface area contributed by atoms with Crippen molar-refractivity contribution in [2.45, 2.75) is 38.5 Å². The number of hydrogen-bond donors (Lipinski definition) is 3. The molecule has 1 saturated heterocycles. The Balaban J connectivity index is 1.72. The molecule has 1 aromatic rings. The Hall–Kier alpha value is -1.14. The van der Waals surface area contributed by atoms with E-state index in [1.54, 1.807) is 12.1 Å². The predicted molar refractivity (Wildman–Crippen MR) is 90.3 cm³/mol. The molecule has 2 unspecified atom stereocenters. The van der Waals surface area contributed by atoms with E-state index in [0.29, 0.717) is 17.5 Å². The van der Waals surface area contributed by atoms with E-state index >= 15 is 0 Å². The number of amides is 1. The minimum absolute atomic E-state index is 0.294. The summed E-state index contributed by atoms with van der Waals surface area (Å²) < 4.78 is 5.32. The topological polar surface area (TPSA) is 70.6 Å². The third-order valence-corrected chi connectivity index (χ3v) is 4.40. The fourth-order valence-corrected chi connectivity index (χ4v) is 2.80. The first-order valence-corrected chi connectivity index (χ1v) is 8.45. The molecule has 2 rings (SSSR count). The van der Waals surface area contributed by atoms with E-state index in [2.05, 4.69) is 10.6 Å². The van der Waals surface area contributed by atoms with E-state index in [1.165, 1.54) is 0 Å². The van der Waals surface area contributed by atoms with E-state index in [-0.39, 0.29) is 11.9 Å². The molecule has 6 heteroatoms. The summed E-state index contributed by atoms with van der Waals surface area (Å²) >= 11 is 5.91. The Morgan fingerprint density at radius 1 is 1.43 bits per heavy atom. The summed E-state index contributed by atoms with van der Waals surface area (Å²) in [5.74, 6) is 0.171. The van der Waals surface area contributed by atoms with Crippen LogP contribution in [0.4, 0.5) is 0 Å². The molecule has 128 valence electrons. The number of nitrogens with one attached hydrogen (secondary N) is 2. The summed E-state index contributed by atoms with van der Waals surface area (Å²) in [4.78, 5) is 12.0. The molecule has 1 amide bonds. The number of benzene rings is 1. The van der Waals surface area contributed by atoms with Gasteiger partial charge in [-0.25, -0.2) is 0 Å². The van der Waals surface area contributed by atoms with Crippen molar-refractivity contribution in [1.29, 1.82) is 0 Å². The number of hydrogen-bond acceptors (Lipinski definition) is 4. The van der Waals surface area contributed by atoms with Crippen LogP contribution in [-0.2, 0) is 16.1 Å². The molecule has 0 spiro atoms. The molecule has 0 saturated carbocycles. The molecule has 2 atom stereocenters. The van der Waals surface area contributed by atoms with Crippen LogP contribution in [0.1, 0.15) is 25.3 Å². The first kappa shape index (κ1) is 18.2. The number of halogens is 1. The van der Waals surface area contributed by atoms with Gasteiger partial charge in [0.05, 0.1) is 0 Å². The van der Waals surface area contributed by atoms with Crippen molar-refractivity contribution in [3.63, 3.8) is 0 Å². The molecule has 0 aliphatic carbocycles. The van der Waals surface area contributed by atoms with E-state index < -0.39 is 6.10 Å². The second-order valence-corrected chi connectivity index (χ2v) is 6.48. The first-order valence-electron chi connectivity index (χ1n) is 8.07. The van der Waals surface area contributed by atoms with Gasteiger partial charge < -0.3 is 20.5 Å². The van der Waals surface area contributed by atoms with Gasteiger partial charge in [-0.1, -0.05) is 23.7 Å². The van der Waals surface area contributed by atoms with E-state index in [0.717, 1.165) is 38.2 Å². The van der Waals surface area contributed by atoms with Gasteiger partial charge >= 0.3 is 0 Å².